The first-order valence-corrected chi connectivity index (χ1v) is 9.82. The van der Waals surface area contributed by atoms with Crippen molar-refractivity contribution < 1.29 is 9.90 Å². The van der Waals surface area contributed by atoms with Crippen molar-refractivity contribution in [2.75, 3.05) is 0 Å². The minimum absolute atomic E-state index is 0.0554. The summed E-state index contributed by atoms with van der Waals surface area (Å²) in [5, 5.41) is 14.0. The van der Waals surface area contributed by atoms with Crippen LogP contribution < -0.4 is 5.43 Å². The number of hydrogen-bond donors (Lipinski definition) is 2. The lowest BCUT2D eigenvalue weighted by atomic mass is 9.40. The van der Waals surface area contributed by atoms with Crippen LogP contribution in [0.5, 0.6) is 5.75 Å². The molecule has 0 spiro atoms. The summed E-state index contributed by atoms with van der Waals surface area (Å²) < 4.78 is 0.861. The van der Waals surface area contributed by atoms with Gasteiger partial charge in [-0.1, -0.05) is 29.8 Å². The minimum Gasteiger partial charge on any atom is -0.507 e. The monoisotopic (exact) mass is 404 g/mol. The van der Waals surface area contributed by atoms with Gasteiger partial charge in [-0.15, -0.1) is 0 Å². The van der Waals surface area contributed by atoms with Crippen molar-refractivity contribution in [3.8, 4) is 5.75 Å². The Balaban J connectivity index is 1.51. The molecular weight excluding hydrogens is 380 g/mol. The van der Waals surface area contributed by atoms with Crippen molar-refractivity contribution >= 4 is 28.1 Å². The van der Waals surface area contributed by atoms with E-state index in [0.29, 0.717) is 22.3 Å². The number of benzene rings is 1. The Labute approximate surface area is 157 Å². The summed E-state index contributed by atoms with van der Waals surface area (Å²) >= 11 is 3.38. The van der Waals surface area contributed by atoms with E-state index in [0.717, 1.165) is 23.7 Å². The molecule has 0 unspecified atom stereocenters. The fraction of sp³-hybridized carbons (Fsp3) is 0.600. The third kappa shape index (κ3) is 3.01. The van der Waals surface area contributed by atoms with Gasteiger partial charge in [-0.25, -0.2) is 5.43 Å². The summed E-state index contributed by atoms with van der Waals surface area (Å²) in [5.41, 5.74) is 3.70. The Morgan fingerprint density at radius 2 is 1.92 bits per heavy atom. The Hall–Kier alpha value is -1.36. The number of rotatable bonds is 3. The zero-order valence-electron chi connectivity index (χ0n) is 14.8. The van der Waals surface area contributed by atoms with Crippen molar-refractivity contribution in [1.29, 1.82) is 0 Å². The molecule has 0 radical (unpaired) electrons. The molecule has 134 valence electrons. The van der Waals surface area contributed by atoms with Crippen LogP contribution >= 0.6 is 15.9 Å². The van der Waals surface area contributed by atoms with Crippen LogP contribution in [0.2, 0.25) is 0 Å². The first-order chi connectivity index (χ1) is 11.7. The van der Waals surface area contributed by atoms with Crippen molar-refractivity contribution in [3.63, 3.8) is 0 Å². The topological polar surface area (TPSA) is 61.7 Å². The molecule has 0 aromatic heterocycles. The van der Waals surface area contributed by atoms with Gasteiger partial charge in [0.1, 0.15) is 5.75 Å². The van der Waals surface area contributed by atoms with Crippen molar-refractivity contribution in [1.82, 2.24) is 5.43 Å². The van der Waals surface area contributed by atoms with Crippen molar-refractivity contribution in [2.24, 2.45) is 27.3 Å². The quantitative estimate of drug-likeness (QED) is 0.570. The van der Waals surface area contributed by atoms with E-state index >= 15 is 0 Å². The fourth-order valence-corrected chi connectivity index (χ4v) is 6.99. The van der Waals surface area contributed by atoms with Gasteiger partial charge in [0, 0.05) is 10.0 Å². The Morgan fingerprint density at radius 1 is 1.24 bits per heavy atom. The molecule has 0 saturated heterocycles. The predicted octanol–water partition coefficient (Wildman–Crippen LogP) is 4.60. The van der Waals surface area contributed by atoms with E-state index in [1.54, 1.807) is 18.2 Å². The lowest BCUT2D eigenvalue weighted by Crippen LogP contribution is -2.59. The lowest BCUT2D eigenvalue weighted by molar-refractivity contribution is -0.170. The number of hydrazone groups is 1. The predicted molar refractivity (Wildman–Crippen MR) is 101 cm³/mol. The first kappa shape index (κ1) is 17.1. The number of amides is 1. The van der Waals surface area contributed by atoms with Gasteiger partial charge >= 0.3 is 0 Å². The van der Waals surface area contributed by atoms with Gasteiger partial charge in [-0.05, 0) is 73.5 Å². The lowest BCUT2D eigenvalue weighted by Gasteiger charge is -2.64. The molecule has 0 heterocycles. The molecule has 4 saturated carbocycles. The Morgan fingerprint density at radius 3 is 2.56 bits per heavy atom. The highest BCUT2D eigenvalue weighted by atomic mass is 79.9. The van der Waals surface area contributed by atoms with Gasteiger partial charge in [0.15, 0.2) is 0 Å². The molecule has 5 rings (SSSR count). The van der Waals surface area contributed by atoms with Crippen LogP contribution in [-0.2, 0) is 4.79 Å². The highest BCUT2D eigenvalue weighted by molar-refractivity contribution is 9.10. The summed E-state index contributed by atoms with van der Waals surface area (Å²) in [4.78, 5) is 13.0. The summed E-state index contributed by atoms with van der Waals surface area (Å²) in [6.45, 7) is 4.72. The number of carbonyl (C=O) groups is 1. The molecule has 4 aliphatic rings. The van der Waals surface area contributed by atoms with Crippen molar-refractivity contribution in [3.05, 3.63) is 28.2 Å². The van der Waals surface area contributed by atoms with E-state index in [2.05, 4.69) is 40.3 Å². The molecule has 4 nitrogen and oxygen atoms in total. The number of aromatic hydroxyl groups is 1. The van der Waals surface area contributed by atoms with Gasteiger partial charge < -0.3 is 5.11 Å². The third-order valence-corrected chi connectivity index (χ3v) is 6.96. The first-order valence-electron chi connectivity index (χ1n) is 9.03. The van der Waals surface area contributed by atoms with Gasteiger partial charge in [0.2, 0.25) is 5.91 Å². The van der Waals surface area contributed by atoms with Gasteiger partial charge in [-0.2, -0.15) is 5.10 Å². The van der Waals surface area contributed by atoms with Crippen LogP contribution in [0.1, 0.15) is 57.9 Å². The molecular formula is C20H25BrN2O2. The summed E-state index contributed by atoms with van der Waals surface area (Å²) in [6.07, 6.45) is 8.27. The molecule has 5 heteroatoms. The van der Waals surface area contributed by atoms with Gasteiger partial charge in [0.05, 0.1) is 11.6 Å². The normalized spacial score (nSPS) is 39.1. The number of phenols is 1. The van der Waals surface area contributed by atoms with E-state index in [9.17, 15) is 9.90 Å². The largest absolute Gasteiger partial charge is 0.507 e. The molecule has 1 aromatic rings. The smallest absolute Gasteiger partial charge is 0.246 e. The number of phenolic OH excluding ortho intramolecular Hbond substituents is 1. The summed E-state index contributed by atoms with van der Waals surface area (Å²) in [7, 11) is 0. The maximum absolute atomic E-state index is 13.0. The fourth-order valence-electron chi connectivity index (χ4n) is 6.61. The zero-order chi connectivity index (χ0) is 17.9. The second-order valence-corrected chi connectivity index (χ2v) is 10.2. The average Bonchev–Trinajstić information content (AvgIpc) is 2.47. The Kier molecular flexibility index (Phi) is 3.80. The summed E-state index contributed by atoms with van der Waals surface area (Å²) in [6, 6.07) is 5.15. The highest BCUT2D eigenvalue weighted by Crippen LogP contribution is 2.69. The average molecular weight is 405 g/mol. The molecule has 25 heavy (non-hydrogen) atoms. The van der Waals surface area contributed by atoms with E-state index in [1.807, 2.05) is 0 Å². The van der Waals surface area contributed by atoms with Crippen LogP contribution in [0.25, 0.3) is 0 Å². The second kappa shape index (κ2) is 5.57. The van der Waals surface area contributed by atoms with Crippen LogP contribution in [0.3, 0.4) is 0 Å². The standard InChI is InChI=1S/C20H25BrN2O2/c1-18-6-13-7-19(2,10-18)12-20(8-13,11-18)17(25)23-22-9-14-5-15(21)3-4-16(14)24/h3-5,9,13,24H,6-8,10-12H2,1-2H3,(H,23,25)/b22-9-/t13?,18-,19-,20?/m0/s1. The maximum atomic E-state index is 13.0. The molecule has 1 amide bonds. The maximum Gasteiger partial charge on any atom is 0.246 e. The number of carbonyl (C=O) groups excluding carboxylic acids is 1. The minimum atomic E-state index is -0.264. The SMILES string of the molecule is C[C@@]12CC3CC(C(=O)N/N=C\c4cc(Br)ccc4O)(C1)C[C@@](C)(C3)C2. The molecule has 4 bridgehead atoms. The van der Waals surface area contributed by atoms with E-state index in [-0.39, 0.29) is 17.1 Å². The van der Waals surface area contributed by atoms with Crippen LogP contribution in [0, 0.1) is 22.2 Å². The van der Waals surface area contributed by atoms with Gasteiger partial charge in [0.25, 0.3) is 0 Å². The Bertz CT molecular complexity index is 742. The van der Waals surface area contributed by atoms with E-state index < -0.39 is 0 Å². The number of hydrogen-bond acceptors (Lipinski definition) is 3. The third-order valence-electron chi connectivity index (χ3n) is 6.47. The molecule has 0 aliphatic heterocycles. The van der Waals surface area contributed by atoms with Gasteiger partial charge in [-0.3, -0.25) is 4.79 Å². The molecule has 1 aromatic carbocycles. The highest BCUT2D eigenvalue weighted by Gasteiger charge is 2.62. The molecule has 4 fully saturated rings. The molecule has 4 aliphatic carbocycles. The second-order valence-electron chi connectivity index (χ2n) is 9.31. The van der Waals surface area contributed by atoms with Crippen LogP contribution in [-0.4, -0.2) is 17.2 Å². The number of halogens is 1. The number of nitrogens with one attached hydrogen (secondary N) is 1. The summed E-state index contributed by atoms with van der Waals surface area (Å²) in [5.74, 6) is 0.880. The van der Waals surface area contributed by atoms with Crippen molar-refractivity contribution in [2.45, 2.75) is 52.4 Å². The van der Waals surface area contributed by atoms with E-state index in [4.69, 9.17) is 0 Å². The zero-order valence-corrected chi connectivity index (χ0v) is 16.4. The number of nitrogens with zero attached hydrogens (tertiary/aromatic N) is 1. The molecule has 2 N–H and O–H groups in total. The molecule has 2 atom stereocenters. The van der Waals surface area contributed by atoms with Crippen LogP contribution in [0.15, 0.2) is 27.8 Å². The van der Waals surface area contributed by atoms with Crippen LogP contribution in [0.4, 0.5) is 0 Å². The van der Waals surface area contributed by atoms with E-state index in [1.165, 1.54) is 25.5 Å².